The summed E-state index contributed by atoms with van der Waals surface area (Å²) in [5.41, 5.74) is 4.01. The van der Waals surface area contributed by atoms with Gasteiger partial charge in [-0.2, -0.15) is 5.26 Å². The monoisotopic (exact) mass is 300 g/mol. The molecular formula is C14H9FN4O3. The number of allylic oxidation sites excluding steroid dienone is 1. The highest BCUT2D eigenvalue weighted by Crippen LogP contribution is 2.39. The fourth-order valence-corrected chi connectivity index (χ4v) is 2.41. The van der Waals surface area contributed by atoms with E-state index in [1.807, 2.05) is 11.1 Å². The molecule has 0 saturated heterocycles. The van der Waals surface area contributed by atoms with Gasteiger partial charge in [0.1, 0.15) is 17.5 Å². The number of nitrogens with two attached hydrogens (primary N) is 1. The normalized spacial score (nSPS) is 16.6. The van der Waals surface area contributed by atoms with Crippen LogP contribution in [0.1, 0.15) is 17.0 Å². The second kappa shape index (κ2) is 4.89. The van der Waals surface area contributed by atoms with Gasteiger partial charge < -0.3 is 10.5 Å². The maximum Gasteiger partial charge on any atom is 0.328 e. The zero-order chi connectivity index (χ0) is 15.9. The lowest BCUT2D eigenvalue weighted by Gasteiger charge is -2.24. The summed E-state index contributed by atoms with van der Waals surface area (Å²) in [6, 6.07) is 7.52. The van der Waals surface area contributed by atoms with Crippen molar-refractivity contribution in [2.45, 2.75) is 5.92 Å². The van der Waals surface area contributed by atoms with Gasteiger partial charge >= 0.3 is 5.69 Å². The number of nitrogens with zero attached hydrogens (tertiary/aromatic N) is 1. The molecule has 0 bridgehead atoms. The minimum atomic E-state index is -1.06. The molecule has 3 rings (SSSR count). The van der Waals surface area contributed by atoms with Crippen molar-refractivity contribution in [3.63, 3.8) is 0 Å². The van der Waals surface area contributed by atoms with E-state index in [2.05, 4.69) is 4.98 Å². The van der Waals surface area contributed by atoms with E-state index >= 15 is 0 Å². The highest BCUT2D eigenvalue weighted by atomic mass is 19.1. The molecule has 1 aliphatic heterocycles. The van der Waals surface area contributed by atoms with Crippen LogP contribution in [0.2, 0.25) is 0 Å². The van der Waals surface area contributed by atoms with E-state index in [1.165, 1.54) is 18.2 Å². The van der Waals surface area contributed by atoms with Gasteiger partial charge in [0.25, 0.3) is 5.56 Å². The smallest absolute Gasteiger partial charge is 0.328 e. The molecule has 2 heterocycles. The molecule has 0 radical (unpaired) electrons. The maximum absolute atomic E-state index is 14.1. The Labute approximate surface area is 122 Å². The number of aromatic amines is 2. The SMILES string of the molecule is N#CC1=C(N)Oc2[nH]c(=O)[nH]c(=O)c2[C@@H]1c1ccccc1F. The number of hydrogen-bond acceptors (Lipinski definition) is 5. The summed E-state index contributed by atoms with van der Waals surface area (Å²) in [5, 5.41) is 9.28. The van der Waals surface area contributed by atoms with Crippen LogP contribution < -0.4 is 21.7 Å². The Bertz CT molecular complexity index is 952. The first-order valence-electron chi connectivity index (χ1n) is 6.21. The molecule has 1 aromatic heterocycles. The van der Waals surface area contributed by atoms with Gasteiger partial charge in [-0.25, -0.2) is 9.18 Å². The fourth-order valence-electron chi connectivity index (χ4n) is 2.41. The van der Waals surface area contributed by atoms with E-state index in [0.29, 0.717) is 0 Å². The fraction of sp³-hybridized carbons (Fsp3) is 0.0714. The van der Waals surface area contributed by atoms with Crippen molar-refractivity contribution in [2.75, 3.05) is 0 Å². The summed E-state index contributed by atoms with van der Waals surface area (Å²) < 4.78 is 19.2. The number of hydrogen-bond donors (Lipinski definition) is 3. The standard InChI is InChI=1S/C14H9FN4O3/c15-8-4-2-1-3-6(8)9-7(5-16)11(17)22-13-10(9)12(20)18-14(21)19-13/h1-4,9H,17H2,(H2,18,19,20,21)/t9-/m1/s1. The first-order chi connectivity index (χ1) is 10.5. The molecule has 0 aliphatic carbocycles. The summed E-state index contributed by atoms with van der Waals surface area (Å²) in [7, 11) is 0. The van der Waals surface area contributed by atoms with Gasteiger partial charge in [0.05, 0.1) is 11.5 Å². The maximum atomic E-state index is 14.1. The number of ether oxygens (including phenoxy) is 1. The Morgan fingerprint density at radius 2 is 2.00 bits per heavy atom. The van der Waals surface area contributed by atoms with Crippen molar-refractivity contribution in [3.05, 3.63) is 73.5 Å². The number of H-pyrrole nitrogens is 2. The Hall–Kier alpha value is -3.34. The van der Waals surface area contributed by atoms with E-state index in [9.17, 15) is 19.2 Å². The van der Waals surface area contributed by atoms with Crippen molar-refractivity contribution >= 4 is 0 Å². The number of nitriles is 1. The molecule has 22 heavy (non-hydrogen) atoms. The van der Waals surface area contributed by atoms with Gasteiger partial charge in [-0.15, -0.1) is 0 Å². The molecule has 1 aliphatic rings. The summed E-state index contributed by atoms with van der Waals surface area (Å²) in [5.74, 6) is -2.15. The third-order valence-corrected chi connectivity index (χ3v) is 3.33. The van der Waals surface area contributed by atoms with Crippen molar-refractivity contribution in [1.29, 1.82) is 5.26 Å². The molecule has 0 fully saturated rings. The molecule has 8 heteroatoms. The summed E-state index contributed by atoms with van der Waals surface area (Å²) in [6.45, 7) is 0. The van der Waals surface area contributed by atoms with E-state index in [1.54, 1.807) is 6.07 Å². The number of halogens is 1. The van der Waals surface area contributed by atoms with Crippen LogP contribution in [0.4, 0.5) is 4.39 Å². The zero-order valence-corrected chi connectivity index (χ0v) is 11.0. The number of benzene rings is 1. The zero-order valence-electron chi connectivity index (χ0n) is 11.0. The van der Waals surface area contributed by atoms with Crippen LogP contribution in [0, 0.1) is 17.1 Å². The van der Waals surface area contributed by atoms with Crippen LogP contribution in [0.25, 0.3) is 0 Å². The predicted molar refractivity (Wildman–Crippen MR) is 73.4 cm³/mol. The van der Waals surface area contributed by atoms with E-state index in [-0.39, 0.29) is 28.5 Å². The first kappa shape index (κ1) is 13.6. The molecule has 7 nitrogen and oxygen atoms in total. The lowest BCUT2D eigenvalue weighted by molar-refractivity contribution is 0.372. The molecule has 110 valence electrons. The average molecular weight is 300 g/mol. The summed E-state index contributed by atoms with van der Waals surface area (Å²) in [4.78, 5) is 27.8. The number of aromatic nitrogens is 2. The van der Waals surface area contributed by atoms with Crippen LogP contribution in [-0.4, -0.2) is 9.97 Å². The van der Waals surface area contributed by atoms with Gasteiger partial charge in [0.2, 0.25) is 11.8 Å². The van der Waals surface area contributed by atoms with E-state index < -0.39 is 23.0 Å². The first-order valence-corrected chi connectivity index (χ1v) is 6.21. The molecule has 4 N–H and O–H groups in total. The van der Waals surface area contributed by atoms with Crippen molar-refractivity contribution in [2.24, 2.45) is 5.73 Å². The number of rotatable bonds is 1. The molecule has 0 unspecified atom stereocenters. The number of fused-ring (bicyclic) bond motifs is 1. The highest BCUT2D eigenvalue weighted by Gasteiger charge is 2.35. The molecule has 0 amide bonds. The minimum absolute atomic E-state index is 0.0737. The third-order valence-electron chi connectivity index (χ3n) is 3.33. The minimum Gasteiger partial charge on any atom is -0.424 e. The quantitative estimate of drug-likeness (QED) is 0.704. The van der Waals surface area contributed by atoms with Gasteiger partial charge in [-0.05, 0) is 6.07 Å². The third kappa shape index (κ3) is 1.96. The van der Waals surface area contributed by atoms with Crippen LogP contribution >= 0.6 is 0 Å². The molecule has 0 saturated carbocycles. The molecular weight excluding hydrogens is 291 g/mol. The lowest BCUT2D eigenvalue weighted by atomic mass is 9.85. The summed E-state index contributed by atoms with van der Waals surface area (Å²) >= 11 is 0. The topological polar surface area (TPSA) is 125 Å². The van der Waals surface area contributed by atoms with Crippen LogP contribution in [0.3, 0.4) is 0 Å². The van der Waals surface area contributed by atoms with Crippen molar-refractivity contribution < 1.29 is 9.13 Å². The van der Waals surface area contributed by atoms with Gasteiger partial charge in [0.15, 0.2) is 0 Å². The molecule has 2 aromatic rings. The Morgan fingerprint density at radius 3 is 2.68 bits per heavy atom. The van der Waals surface area contributed by atoms with E-state index in [0.717, 1.165) is 0 Å². The summed E-state index contributed by atoms with van der Waals surface area (Å²) in [6.07, 6.45) is 0. The van der Waals surface area contributed by atoms with Gasteiger partial charge in [0, 0.05) is 5.56 Å². The van der Waals surface area contributed by atoms with Crippen LogP contribution in [-0.2, 0) is 0 Å². The second-order valence-corrected chi connectivity index (χ2v) is 4.60. The second-order valence-electron chi connectivity index (χ2n) is 4.60. The molecule has 1 atom stereocenters. The Kier molecular flexibility index (Phi) is 3.03. The van der Waals surface area contributed by atoms with Gasteiger partial charge in [-0.1, -0.05) is 18.2 Å². The molecule has 1 aromatic carbocycles. The van der Waals surface area contributed by atoms with Crippen LogP contribution in [0.15, 0.2) is 45.3 Å². The van der Waals surface area contributed by atoms with Gasteiger partial charge in [-0.3, -0.25) is 14.8 Å². The Morgan fingerprint density at radius 1 is 1.27 bits per heavy atom. The Balaban J connectivity index is 2.38. The van der Waals surface area contributed by atoms with Crippen molar-refractivity contribution in [3.8, 4) is 11.9 Å². The average Bonchev–Trinajstić information content (AvgIpc) is 2.46. The molecule has 0 spiro atoms. The lowest BCUT2D eigenvalue weighted by Crippen LogP contribution is -2.33. The van der Waals surface area contributed by atoms with E-state index in [4.69, 9.17) is 10.5 Å². The number of nitrogens with one attached hydrogen (secondary N) is 2. The highest BCUT2D eigenvalue weighted by molar-refractivity contribution is 5.52. The van der Waals surface area contributed by atoms with Crippen LogP contribution in [0.5, 0.6) is 5.88 Å². The predicted octanol–water partition coefficient (Wildman–Crippen LogP) is 0.420. The van der Waals surface area contributed by atoms with Crippen molar-refractivity contribution in [1.82, 2.24) is 9.97 Å². The largest absolute Gasteiger partial charge is 0.424 e.